The Balaban J connectivity index is 0.000001000. The van der Waals surface area contributed by atoms with E-state index < -0.39 is 0 Å². The van der Waals surface area contributed by atoms with Gasteiger partial charge in [0.05, 0.1) is 0 Å². The van der Waals surface area contributed by atoms with Crippen LogP contribution >= 0.6 is 0 Å². The largest absolute Gasteiger partial charge is 0.330 e. The molecule has 4 N–H and O–H groups in total. The number of hydrogen-bond donors (Lipinski definition) is 2. The summed E-state index contributed by atoms with van der Waals surface area (Å²) < 4.78 is 0. The Kier molecular flexibility index (Phi) is 4.04. The van der Waals surface area contributed by atoms with Crippen molar-refractivity contribution in [2.75, 3.05) is 13.1 Å². The summed E-state index contributed by atoms with van der Waals surface area (Å²) in [6.07, 6.45) is 3.75. The van der Waals surface area contributed by atoms with Crippen LogP contribution in [0.15, 0.2) is 0 Å². The van der Waals surface area contributed by atoms with Gasteiger partial charge in [0.15, 0.2) is 0 Å². The zero-order valence-corrected chi connectivity index (χ0v) is 6.77. The summed E-state index contributed by atoms with van der Waals surface area (Å²) >= 11 is 0. The van der Waals surface area contributed by atoms with Crippen molar-refractivity contribution in [3.8, 4) is 0 Å². The highest BCUT2D eigenvalue weighted by atomic mass is 14.6. The van der Waals surface area contributed by atoms with Crippen molar-refractivity contribution in [3.05, 3.63) is 0 Å². The summed E-state index contributed by atoms with van der Waals surface area (Å²) in [4.78, 5) is 0. The molecule has 2 nitrogen and oxygen atoms in total. The van der Waals surface area contributed by atoms with E-state index in [2.05, 4.69) is 6.92 Å². The molecule has 0 saturated heterocycles. The van der Waals surface area contributed by atoms with Gasteiger partial charge in [-0.2, -0.15) is 0 Å². The fraction of sp³-hybridized carbons (Fsp3) is 1.00. The molecule has 0 spiro atoms. The summed E-state index contributed by atoms with van der Waals surface area (Å²) in [6.45, 7) is 4.00. The Hall–Kier alpha value is -0.0800. The fourth-order valence-corrected chi connectivity index (χ4v) is 2.05. The number of hydrogen-bond acceptors (Lipinski definition) is 2. The van der Waals surface area contributed by atoms with Crippen LogP contribution in [0, 0.1) is 11.3 Å². The molecule has 0 aromatic carbocycles. The van der Waals surface area contributed by atoms with Crippen LogP contribution in [0.4, 0.5) is 0 Å². The third-order valence-electron chi connectivity index (χ3n) is 2.64. The van der Waals surface area contributed by atoms with Gasteiger partial charge in [-0.1, -0.05) is 14.4 Å². The van der Waals surface area contributed by atoms with Crippen molar-refractivity contribution < 1.29 is 0 Å². The molecule has 0 aromatic heterocycles. The Morgan fingerprint density at radius 2 is 1.91 bits per heavy atom. The molecule has 0 aliphatic heterocycles. The van der Waals surface area contributed by atoms with Gasteiger partial charge in [0.2, 0.25) is 0 Å². The molecule has 0 heterocycles. The Morgan fingerprint density at radius 1 is 1.36 bits per heavy atom. The van der Waals surface area contributed by atoms with Crippen LogP contribution in [0.5, 0.6) is 0 Å². The molecule has 1 fully saturated rings. The molecule has 0 atom stereocenters. The quantitative estimate of drug-likeness (QED) is 0.651. The van der Waals surface area contributed by atoms with E-state index in [9.17, 15) is 0 Å². The second-order valence-corrected chi connectivity index (χ2v) is 3.86. The lowest BCUT2D eigenvalue weighted by Crippen LogP contribution is -2.39. The minimum absolute atomic E-state index is 0. The first kappa shape index (κ1) is 10.9. The van der Waals surface area contributed by atoms with Crippen LogP contribution in [0.2, 0.25) is 0 Å². The maximum atomic E-state index is 5.52. The standard InChI is InChI=1S/C8H18N2.CH4/c1-8(2-3-9)4-7(5-8)6-10;/h7H,2-6,9-10H2,1H3;1H4. The predicted molar refractivity (Wildman–Crippen MR) is 50.3 cm³/mol. The molecule has 1 rings (SSSR count). The van der Waals surface area contributed by atoms with E-state index in [1.807, 2.05) is 0 Å². The maximum Gasteiger partial charge on any atom is -0.00485 e. The first-order chi connectivity index (χ1) is 4.70. The van der Waals surface area contributed by atoms with Gasteiger partial charge in [-0.15, -0.1) is 0 Å². The Bertz CT molecular complexity index is 106. The molecule has 0 amide bonds. The minimum atomic E-state index is 0. The van der Waals surface area contributed by atoms with Crippen LogP contribution < -0.4 is 11.5 Å². The fourth-order valence-electron chi connectivity index (χ4n) is 2.05. The molecular formula is C9H22N2. The molecule has 1 saturated carbocycles. The van der Waals surface area contributed by atoms with Gasteiger partial charge < -0.3 is 11.5 Å². The van der Waals surface area contributed by atoms with E-state index in [0.717, 1.165) is 19.0 Å². The third-order valence-corrected chi connectivity index (χ3v) is 2.64. The van der Waals surface area contributed by atoms with Crippen LogP contribution in [-0.4, -0.2) is 13.1 Å². The van der Waals surface area contributed by atoms with Gasteiger partial charge in [0.1, 0.15) is 0 Å². The molecule has 0 aromatic rings. The van der Waals surface area contributed by atoms with Crippen molar-refractivity contribution in [2.24, 2.45) is 22.8 Å². The molecule has 2 heteroatoms. The lowest BCUT2D eigenvalue weighted by Gasteiger charge is -2.45. The average Bonchev–Trinajstić information content (AvgIpc) is 1.83. The van der Waals surface area contributed by atoms with Gasteiger partial charge in [0, 0.05) is 0 Å². The van der Waals surface area contributed by atoms with Crippen LogP contribution in [-0.2, 0) is 0 Å². The second-order valence-electron chi connectivity index (χ2n) is 3.86. The van der Waals surface area contributed by atoms with Crippen molar-refractivity contribution in [1.82, 2.24) is 0 Å². The van der Waals surface area contributed by atoms with Gasteiger partial charge in [-0.25, -0.2) is 0 Å². The van der Waals surface area contributed by atoms with E-state index in [0.29, 0.717) is 5.41 Å². The first-order valence-corrected chi connectivity index (χ1v) is 4.10. The predicted octanol–water partition coefficient (Wildman–Crippen LogP) is 1.35. The summed E-state index contributed by atoms with van der Waals surface area (Å²) in [7, 11) is 0. The molecule has 1 aliphatic carbocycles. The molecule has 68 valence electrons. The van der Waals surface area contributed by atoms with Crippen molar-refractivity contribution in [2.45, 2.75) is 33.6 Å². The normalized spacial score (nSPS) is 35.7. The summed E-state index contributed by atoms with van der Waals surface area (Å²) in [5.41, 5.74) is 11.5. The van der Waals surface area contributed by atoms with Crippen molar-refractivity contribution in [3.63, 3.8) is 0 Å². The van der Waals surface area contributed by atoms with Gasteiger partial charge in [-0.05, 0) is 43.7 Å². The molecule has 0 bridgehead atoms. The lowest BCUT2D eigenvalue weighted by atomic mass is 9.61. The Morgan fingerprint density at radius 3 is 2.27 bits per heavy atom. The Labute approximate surface area is 70.3 Å². The zero-order chi connectivity index (χ0) is 7.61. The summed E-state index contributed by atoms with van der Waals surface area (Å²) in [5, 5.41) is 0. The lowest BCUT2D eigenvalue weighted by molar-refractivity contribution is 0.0737. The maximum absolute atomic E-state index is 5.52. The van der Waals surface area contributed by atoms with E-state index in [-0.39, 0.29) is 7.43 Å². The highest BCUT2D eigenvalue weighted by Gasteiger charge is 2.38. The second kappa shape index (κ2) is 4.07. The first-order valence-electron chi connectivity index (χ1n) is 4.10. The summed E-state index contributed by atoms with van der Waals surface area (Å²) in [5.74, 6) is 0.788. The molecule has 11 heavy (non-hydrogen) atoms. The average molecular weight is 158 g/mol. The van der Waals surface area contributed by atoms with Crippen molar-refractivity contribution >= 4 is 0 Å². The highest BCUT2D eigenvalue weighted by molar-refractivity contribution is 4.90. The summed E-state index contributed by atoms with van der Waals surface area (Å²) in [6, 6.07) is 0. The monoisotopic (exact) mass is 158 g/mol. The van der Waals surface area contributed by atoms with Crippen molar-refractivity contribution in [1.29, 1.82) is 0 Å². The topological polar surface area (TPSA) is 52.0 Å². The van der Waals surface area contributed by atoms with Gasteiger partial charge in [0.25, 0.3) is 0 Å². The molecule has 0 radical (unpaired) electrons. The smallest absolute Gasteiger partial charge is 0.00485 e. The van der Waals surface area contributed by atoms with E-state index in [1.165, 1.54) is 19.3 Å². The molecule has 0 unspecified atom stereocenters. The SMILES string of the molecule is C.CC1(CCN)CC(CN)C1. The highest BCUT2D eigenvalue weighted by Crippen LogP contribution is 2.46. The van der Waals surface area contributed by atoms with Crippen LogP contribution in [0.3, 0.4) is 0 Å². The molecular weight excluding hydrogens is 136 g/mol. The number of rotatable bonds is 3. The third kappa shape index (κ3) is 2.46. The number of nitrogens with two attached hydrogens (primary N) is 2. The van der Waals surface area contributed by atoms with E-state index >= 15 is 0 Å². The van der Waals surface area contributed by atoms with E-state index in [1.54, 1.807) is 0 Å². The van der Waals surface area contributed by atoms with Crippen LogP contribution in [0.25, 0.3) is 0 Å². The van der Waals surface area contributed by atoms with Crippen LogP contribution in [0.1, 0.15) is 33.6 Å². The van der Waals surface area contributed by atoms with E-state index in [4.69, 9.17) is 11.5 Å². The zero-order valence-electron chi connectivity index (χ0n) is 6.77. The van der Waals surface area contributed by atoms with Gasteiger partial charge in [-0.3, -0.25) is 0 Å². The molecule has 1 aliphatic rings. The van der Waals surface area contributed by atoms with Gasteiger partial charge >= 0.3 is 0 Å². The minimum Gasteiger partial charge on any atom is -0.330 e.